The summed E-state index contributed by atoms with van der Waals surface area (Å²) in [6, 6.07) is 17.3. The van der Waals surface area contributed by atoms with E-state index < -0.39 is 5.82 Å². The van der Waals surface area contributed by atoms with Crippen molar-refractivity contribution < 1.29 is 4.39 Å². The van der Waals surface area contributed by atoms with E-state index in [1.54, 1.807) is 6.07 Å². The van der Waals surface area contributed by atoms with Gasteiger partial charge in [-0.05, 0) is 40.5 Å². The molecule has 0 radical (unpaired) electrons. The van der Waals surface area contributed by atoms with Crippen LogP contribution in [0.25, 0.3) is 10.8 Å². The zero-order valence-corrected chi connectivity index (χ0v) is 13.7. The molecule has 0 bridgehead atoms. The Balaban J connectivity index is 2.21. The molecule has 0 N–H and O–H groups in total. The van der Waals surface area contributed by atoms with Gasteiger partial charge in [0.1, 0.15) is 5.82 Å². The summed E-state index contributed by atoms with van der Waals surface area (Å²) in [5.41, 5.74) is 3.05. The largest absolute Gasteiger partial charge is 0.205 e. The molecule has 0 aliphatic rings. The van der Waals surface area contributed by atoms with Crippen LogP contribution in [0.5, 0.6) is 0 Å². The van der Waals surface area contributed by atoms with Crippen LogP contribution < -0.4 is 0 Å². The smallest absolute Gasteiger partial charge is 0.142 e. The van der Waals surface area contributed by atoms with Crippen LogP contribution in [0, 0.1) is 12.7 Å². The Hall–Kier alpha value is -1.38. The van der Waals surface area contributed by atoms with Gasteiger partial charge in [-0.1, -0.05) is 76.1 Å². The number of alkyl halides is 1. The molecule has 0 heterocycles. The second kappa shape index (κ2) is 5.78. The Kier molecular flexibility index (Phi) is 4.01. The third-order valence-electron chi connectivity index (χ3n) is 3.70. The van der Waals surface area contributed by atoms with Crippen molar-refractivity contribution in [1.82, 2.24) is 0 Å². The summed E-state index contributed by atoms with van der Waals surface area (Å²) in [5.74, 6) is -0.393. The molecule has 0 aliphatic carbocycles. The third-order valence-corrected chi connectivity index (χ3v) is 5.09. The highest BCUT2D eigenvalue weighted by molar-refractivity contribution is 9.09. The summed E-state index contributed by atoms with van der Waals surface area (Å²) in [5, 5.41) is 2.52. The van der Waals surface area contributed by atoms with E-state index in [4.69, 9.17) is 11.6 Å². The molecule has 0 saturated heterocycles. The van der Waals surface area contributed by atoms with Crippen molar-refractivity contribution >= 4 is 38.3 Å². The maximum absolute atomic E-state index is 13.7. The summed E-state index contributed by atoms with van der Waals surface area (Å²) in [7, 11) is 0. The highest BCUT2D eigenvalue weighted by Gasteiger charge is 2.18. The predicted molar refractivity (Wildman–Crippen MR) is 90.9 cm³/mol. The van der Waals surface area contributed by atoms with Crippen LogP contribution in [0.15, 0.2) is 54.6 Å². The molecule has 3 heteroatoms. The maximum atomic E-state index is 13.7. The number of halogens is 3. The van der Waals surface area contributed by atoms with Gasteiger partial charge in [-0.25, -0.2) is 4.39 Å². The Labute approximate surface area is 136 Å². The average molecular weight is 364 g/mol. The minimum atomic E-state index is -0.393. The lowest BCUT2D eigenvalue weighted by Crippen LogP contribution is -1.97. The third kappa shape index (κ3) is 2.58. The number of hydrogen-bond donors (Lipinski definition) is 0. The lowest BCUT2D eigenvalue weighted by molar-refractivity contribution is 0.626. The summed E-state index contributed by atoms with van der Waals surface area (Å²) in [4.78, 5) is -0.147. The lowest BCUT2D eigenvalue weighted by Gasteiger charge is -2.16. The van der Waals surface area contributed by atoms with Gasteiger partial charge in [0, 0.05) is 0 Å². The summed E-state index contributed by atoms with van der Waals surface area (Å²) < 4.78 is 13.7. The molecule has 1 atom stereocenters. The molecule has 3 rings (SSSR count). The Morgan fingerprint density at radius 2 is 1.62 bits per heavy atom. The Bertz CT molecular complexity index is 813. The molecule has 106 valence electrons. The average Bonchev–Trinajstić information content (AvgIpc) is 2.50. The fourth-order valence-electron chi connectivity index (χ4n) is 2.58. The van der Waals surface area contributed by atoms with Crippen molar-refractivity contribution in [3.8, 4) is 0 Å². The fourth-order valence-corrected chi connectivity index (χ4v) is 3.73. The van der Waals surface area contributed by atoms with Crippen LogP contribution in [0.3, 0.4) is 0 Å². The molecule has 0 spiro atoms. The van der Waals surface area contributed by atoms with Gasteiger partial charge in [0.2, 0.25) is 0 Å². The van der Waals surface area contributed by atoms with E-state index in [1.165, 1.54) is 17.0 Å². The summed E-state index contributed by atoms with van der Waals surface area (Å²) in [6.07, 6.45) is 0. The van der Waals surface area contributed by atoms with Crippen LogP contribution in [0.1, 0.15) is 21.5 Å². The standard InChI is InChI=1S/C18H13BrClF/c1-11-9-10-14(13-6-3-2-5-12(11)13)17(19)15-7-4-8-16(21)18(15)20/h2-10,17H,1H3. The van der Waals surface area contributed by atoms with E-state index in [0.717, 1.165) is 16.5 Å². The number of rotatable bonds is 2. The van der Waals surface area contributed by atoms with Crippen LogP contribution in [0.2, 0.25) is 5.02 Å². The molecule has 3 aromatic carbocycles. The molecular weight excluding hydrogens is 351 g/mol. The Morgan fingerprint density at radius 3 is 2.38 bits per heavy atom. The Morgan fingerprint density at radius 1 is 0.905 bits per heavy atom. The highest BCUT2D eigenvalue weighted by Crippen LogP contribution is 2.39. The van der Waals surface area contributed by atoms with Gasteiger partial charge in [-0.2, -0.15) is 0 Å². The summed E-state index contributed by atoms with van der Waals surface area (Å²) >= 11 is 9.79. The van der Waals surface area contributed by atoms with E-state index in [2.05, 4.69) is 47.1 Å². The van der Waals surface area contributed by atoms with Gasteiger partial charge < -0.3 is 0 Å². The molecular formula is C18H13BrClF. The minimum Gasteiger partial charge on any atom is -0.205 e. The van der Waals surface area contributed by atoms with Gasteiger partial charge in [0.25, 0.3) is 0 Å². The van der Waals surface area contributed by atoms with Crippen LogP contribution >= 0.6 is 27.5 Å². The van der Waals surface area contributed by atoms with Gasteiger partial charge >= 0.3 is 0 Å². The van der Waals surface area contributed by atoms with Crippen LogP contribution in [0.4, 0.5) is 4.39 Å². The van der Waals surface area contributed by atoms with Crippen molar-refractivity contribution in [2.24, 2.45) is 0 Å². The van der Waals surface area contributed by atoms with Gasteiger partial charge in [-0.3, -0.25) is 0 Å². The normalized spacial score (nSPS) is 12.6. The molecule has 0 aliphatic heterocycles. The highest BCUT2D eigenvalue weighted by atomic mass is 79.9. The number of fused-ring (bicyclic) bond motifs is 1. The van der Waals surface area contributed by atoms with Crippen molar-refractivity contribution in [2.75, 3.05) is 0 Å². The number of benzene rings is 3. The number of aryl methyl sites for hydroxylation is 1. The van der Waals surface area contributed by atoms with E-state index >= 15 is 0 Å². The fraction of sp³-hybridized carbons (Fsp3) is 0.111. The first-order chi connectivity index (χ1) is 10.1. The second-order valence-electron chi connectivity index (χ2n) is 5.02. The topological polar surface area (TPSA) is 0 Å². The molecule has 3 aromatic rings. The SMILES string of the molecule is Cc1ccc(C(Br)c2cccc(F)c2Cl)c2ccccc12. The predicted octanol–water partition coefficient (Wildman–Crippen LogP) is 6.43. The maximum Gasteiger partial charge on any atom is 0.142 e. The molecule has 0 aromatic heterocycles. The van der Waals surface area contributed by atoms with Crippen molar-refractivity contribution in [2.45, 2.75) is 11.8 Å². The monoisotopic (exact) mass is 362 g/mol. The van der Waals surface area contributed by atoms with Gasteiger partial charge in [0.05, 0.1) is 9.85 Å². The van der Waals surface area contributed by atoms with E-state index in [1.807, 2.05) is 18.2 Å². The molecule has 21 heavy (non-hydrogen) atoms. The van der Waals surface area contributed by atoms with E-state index in [9.17, 15) is 4.39 Å². The second-order valence-corrected chi connectivity index (χ2v) is 6.32. The number of hydrogen-bond acceptors (Lipinski definition) is 0. The van der Waals surface area contributed by atoms with Crippen molar-refractivity contribution in [3.05, 3.63) is 82.1 Å². The van der Waals surface area contributed by atoms with Crippen LogP contribution in [-0.4, -0.2) is 0 Å². The molecule has 0 saturated carbocycles. The van der Waals surface area contributed by atoms with E-state index in [0.29, 0.717) is 0 Å². The summed E-state index contributed by atoms with van der Waals surface area (Å²) in [6.45, 7) is 2.09. The van der Waals surface area contributed by atoms with Crippen LogP contribution in [-0.2, 0) is 0 Å². The van der Waals surface area contributed by atoms with Crippen molar-refractivity contribution in [3.63, 3.8) is 0 Å². The zero-order chi connectivity index (χ0) is 15.0. The molecule has 0 fully saturated rings. The first-order valence-corrected chi connectivity index (χ1v) is 7.95. The van der Waals surface area contributed by atoms with Gasteiger partial charge in [-0.15, -0.1) is 0 Å². The lowest BCUT2D eigenvalue weighted by atomic mass is 9.95. The minimum absolute atomic E-state index is 0.147. The first kappa shape index (κ1) is 14.6. The molecule has 1 unspecified atom stereocenters. The van der Waals surface area contributed by atoms with E-state index in [-0.39, 0.29) is 9.85 Å². The van der Waals surface area contributed by atoms with Crippen molar-refractivity contribution in [1.29, 1.82) is 0 Å². The first-order valence-electron chi connectivity index (χ1n) is 6.66. The zero-order valence-electron chi connectivity index (χ0n) is 11.4. The van der Waals surface area contributed by atoms with Gasteiger partial charge in [0.15, 0.2) is 0 Å². The molecule has 0 amide bonds. The molecule has 0 nitrogen and oxygen atoms in total. The quantitative estimate of drug-likeness (QED) is 0.460.